The Labute approximate surface area is 116 Å². The highest BCUT2D eigenvalue weighted by molar-refractivity contribution is 6.06. The monoisotopic (exact) mass is 269 g/mol. The molecule has 0 aliphatic heterocycles. The van der Waals surface area contributed by atoms with Crippen LogP contribution < -0.4 is 5.32 Å². The van der Waals surface area contributed by atoms with E-state index in [1.54, 1.807) is 36.1 Å². The molecule has 2 aromatic rings. The molecule has 1 aromatic heterocycles. The predicted molar refractivity (Wildman–Crippen MR) is 77.3 cm³/mol. The van der Waals surface area contributed by atoms with Crippen molar-refractivity contribution in [1.82, 2.24) is 9.78 Å². The van der Waals surface area contributed by atoms with Gasteiger partial charge in [0.05, 0.1) is 11.8 Å². The Morgan fingerprint density at radius 2 is 1.95 bits per heavy atom. The van der Waals surface area contributed by atoms with Gasteiger partial charge in [0.25, 0.3) is 0 Å². The molecular weight excluding hydrogens is 254 g/mol. The number of carbonyl (C=O) groups is 2. The second kappa shape index (κ2) is 5.97. The predicted octanol–water partition coefficient (Wildman–Crippen LogP) is 2.27. The molecule has 1 aromatic carbocycles. The molecule has 0 aliphatic rings. The van der Waals surface area contributed by atoms with Crippen molar-refractivity contribution in [2.75, 3.05) is 5.32 Å². The molecule has 0 saturated heterocycles. The van der Waals surface area contributed by atoms with Crippen molar-refractivity contribution in [3.05, 3.63) is 53.9 Å². The van der Waals surface area contributed by atoms with Crippen molar-refractivity contribution in [3.8, 4) is 0 Å². The van der Waals surface area contributed by atoms with E-state index >= 15 is 0 Å². The number of hydrogen-bond acceptors (Lipinski definition) is 3. The van der Waals surface area contributed by atoms with Gasteiger partial charge in [-0.1, -0.05) is 18.2 Å². The number of nitrogens with zero attached hydrogens (tertiary/aromatic N) is 2. The van der Waals surface area contributed by atoms with Gasteiger partial charge >= 0.3 is 0 Å². The Kier molecular flexibility index (Phi) is 4.10. The number of hydrogen-bond donors (Lipinski definition) is 1. The van der Waals surface area contributed by atoms with E-state index in [0.717, 1.165) is 11.3 Å². The Balaban J connectivity index is 2.04. The molecule has 1 amide bonds. The number of ketones is 1. The molecule has 0 fully saturated rings. The maximum atomic E-state index is 11.8. The van der Waals surface area contributed by atoms with Gasteiger partial charge in [-0.3, -0.25) is 14.3 Å². The minimum absolute atomic E-state index is 0.0935. The summed E-state index contributed by atoms with van der Waals surface area (Å²) in [5.74, 6) is -0.205. The summed E-state index contributed by atoms with van der Waals surface area (Å²) in [6, 6.07) is 7.24. The Morgan fingerprint density at radius 3 is 2.50 bits per heavy atom. The zero-order valence-corrected chi connectivity index (χ0v) is 11.3. The van der Waals surface area contributed by atoms with E-state index < -0.39 is 0 Å². The average molecular weight is 269 g/mol. The van der Waals surface area contributed by atoms with E-state index in [2.05, 4.69) is 10.4 Å². The fourth-order valence-electron chi connectivity index (χ4n) is 1.70. The third-order valence-electron chi connectivity index (χ3n) is 2.65. The van der Waals surface area contributed by atoms with Gasteiger partial charge in [0, 0.05) is 25.9 Å². The molecule has 1 heterocycles. The zero-order chi connectivity index (χ0) is 14.5. The normalized spacial score (nSPS) is 10.7. The van der Waals surface area contributed by atoms with Gasteiger partial charge < -0.3 is 5.32 Å². The van der Waals surface area contributed by atoms with Crippen molar-refractivity contribution in [2.45, 2.75) is 6.92 Å². The lowest BCUT2D eigenvalue weighted by Crippen LogP contribution is -2.05. The summed E-state index contributed by atoms with van der Waals surface area (Å²) in [4.78, 5) is 22.7. The van der Waals surface area contributed by atoms with Crippen LogP contribution in [0.1, 0.15) is 22.8 Å². The minimum Gasteiger partial charge on any atom is -0.326 e. The molecule has 0 atom stereocenters. The summed E-state index contributed by atoms with van der Waals surface area (Å²) in [5.41, 5.74) is 2.17. The first-order valence-corrected chi connectivity index (χ1v) is 6.13. The highest BCUT2D eigenvalue weighted by Crippen LogP contribution is 2.11. The van der Waals surface area contributed by atoms with Gasteiger partial charge in [-0.25, -0.2) is 0 Å². The molecule has 0 bridgehead atoms. The van der Waals surface area contributed by atoms with Crippen LogP contribution in [0.25, 0.3) is 6.08 Å². The summed E-state index contributed by atoms with van der Waals surface area (Å²) >= 11 is 0. The molecule has 1 N–H and O–H groups in total. The number of aromatic nitrogens is 2. The van der Waals surface area contributed by atoms with Crippen molar-refractivity contribution >= 4 is 23.5 Å². The number of aryl methyl sites for hydroxylation is 1. The molecule has 0 aliphatic carbocycles. The number of carbonyl (C=O) groups excluding carboxylic acids is 2. The molecule has 20 heavy (non-hydrogen) atoms. The number of rotatable bonds is 4. The first-order chi connectivity index (χ1) is 9.54. The van der Waals surface area contributed by atoms with Crippen LogP contribution in [0.15, 0.2) is 42.7 Å². The largest absolute Gasteiger partial charge is 0.326 e. The first kappa shape index (κ1) is 13.7. The molecule has 0 spiro atoms. The van der Waals surface area contributed by atoms with Crippen molar-refractivity contribution in [1.29, 1.82) is 0 Å². The number of amides is 1. The van der Waals surface area contributed by atoms with Gasteiger partial charge in [0.1, 0.15) is 0 Å². The van der Waals surface area contributed by atoms with Crippen LogP contribution in [0.4, 0.5) is 5.69 Å². The van der Waals surface area contributed by atoms with Gasteiger partial charge in [-0.15, -0.1) is 0 Å². The molecule has 0 radical (unpaired) electrons. The molecule has 0 saturated carbocycles. The summed E-state index contributed by atoms with van der Waals surface area (Å²) in [5, 5.41) is 6.64. The SMILES string of the molecule is CC(=O)Nc1ccc(C=CC(=O)c2cnn(C)c2)cc1. The third kappa shape index (κ3) is 3.65. The van der Waals surface area contributed by atoms with E-state index in [0.29, 0.717) is 5.56 Å². The summed E-state index contributed by atoms with van der Waals surface area (Å²) < 4.78 is 1.59. The molecule has 5 heteroatoms. The number of nitrogens with one attached hydrogen (secondary N) is 1. The zero-order valence-electron chi connectivity index (χ0n) is 11.3. The lowest BCUT2D eigenvalue weighted by Gasteiger charge is -2.01. The minimum atomic E-state index is -0.111. The summed E-state index contributed by atoms with van der Waals surface area (Å²) in [6.07, 6.45) is 6.44. The van der Waals surface area contributed by atoms with Gasteiger partial charge in [0.15, 0.2) is 5.78 Å². The molecule has 0 unspecified atom stereocenters. The van der Waals surface area contributed by atoms with Gasteiger partial charge in [0.2, 0.25) is 5.91 Å². The maximum absolute atomic E-state index is 11.8. The van der Waals surface area contributed by atoms with Crippen LogP contribution in [0.2, 0.25) is 0 Å². The lowest BCUT2D eigenvalue weighted by atomic mass is 10.1. The van der Waals surface area contributed by atoms with Crippen molar-refractivity contribution in [3.63, 3.8) is 0 Å². The highest BCUT2D eigenvalue weighted by Gasteiger charge is 2.03. The van der Waals surface area contributed by atoms with Crippen LogP contribution >= 0.6 is 0 Å². The number of anilines is 1. The van der Waals surface area contributed by atoms with Gasteiger partial charge in [-0.2, -0.15) is 5.10 Å². The van der Waals surface area contributed by atoms with Gasteiger partial charge in [-0.05, 0) is 23.8 Å². The van der Waals surface area contributed by atoms with Crippen LogP contribution in [-0.4, -0.2) is 21.5 Å². The molecule has 5 nitrogen and oxygen atoms in total. The quantitative estimate of drug-likeness (QED) is 0.684. The van der Waals surface area contributed by atoms with Crippen molar-refractivity contribution < 1.29 is 9.59 Å². The Hall–Kier alpha value is -2.69. The molecule has 2 rings (SSSR count). The fraction of sp³-hybridized carbons (Fsp3) is 0.133. The smallest absolute Gasteiger partial charge is 0.221 e. The Bertz CT molecular complexity index is 654. The topological polar surface area (TPSA) is 64.0 Å². The van der Waals surface area contributed by atoms with Crippen LogP contribution in [0.3, 0.4) is 0 Å². The van der Waals surface area contributed by atoms with Crippen LogP contribution in [0, 0.1) is 0 Å². The second-order valence-corrected chi connectivity index (χ2v) is 4.40. The fourth-order valence-corrected chi connectivity index (χ4v) is 1.70. The Morgan fingerprint density at radius 1 is 1.25 bits per heavy atom. The number of benzene rings is 1. The molecule has 102 valence electrons. The van der Waals surface area contributed by atoms with E-state index in [9.17, 15) is 9.59 Å². The van der Waals surface area contributed by atoms with E-state index in [4.69, 9.17) is 0 Å². The van der Waals surface area contributed by atoms with Crippen LogP contribution in [0.5, 0.6) is 0 Å². The van der Waals surface area contributed by atoms with E-state index in [1.165, 1.54) is 19.2 Å². The average Bonchev–Trinajstić information content (AvgIpc) is 2.84. The van der Waals surface area contributed by atoms with Crippen LogP contribution in [-0.2, 0) is 11.8 Å². The number of allylic oxidation sites excluding steroid dienone is 1. The standard InChI is InChI=1S/C15H15N3O2/c1-11(19)17-14-6-3-12(4-7-14)5-8-15(20)13-9-16-18(2)10-13/h3-10H,1-2H3,(H,17,19). The molecular formula is C15H15N3O2. The second-order valence-electron chi connectivity index (χ2n) is 4.40. The summed E-state index contributed by atoms with van der Waals surface area (Å²) in [7, 11) is 1.77. The van der Waals surface area contributed by atoms with E-state index in [-0.39, 0.29) is 11.7 Å². The lowest BCUT2D eigenvalue weighted by molar-refractivity contribution is -0.114. The van der Waals surface area contributed by atoms with Crippen molar-refractivity contribution in [2.24, 2.45) is 7.05 Å². The van der Waals surface area contributed by atoms with E-state index in [1.807, 2.05) is 12.1 Å². The first-order valence-electron chi connectivity index (χ1n) is 6.13. The third-order valence-corrected chi connectivity index (χ3v) is 2.65. The maximum Gasteiger partial charge on any atom is 0.221 e. The highest BCUT2D eigenvalue weighted by atomic mass is 16.1. The summed E-state index contributed by atoms with van der Waals surface area (Å²) in [6.45, 7) is 1.46.